The molecule has 1 N–H and O–H groups in total. The zero-order valence-corrected chi connectivity index (χ0v) is 19.8. The SMILES string of the molecule is CO[C@@H]1OC[C@H]2O[Si](C(C)C)(C(C)C)O[Si](C(C)C)(C(C)C)O[C@@H]2[C@H]1O. The van der Waals surface area contributed by atoms with Crippen molar-refractivity contribution in [3.8, 4) is 0 Å². The van der Waals surface area contributed by atoms with E-state index in [-0.39, 0.29) is 28.3 Å². The molecule has 26 heavy (non-hydrogen) atoms. The second-order valence-corrected chi connectivity index (χ2v) is 17.6. The van der Waals surface area contributed by atoms with E-state index in [1.54, 1.807) is 7.11 Å². The van der Waals surface area contributed by atoms with Crippen molar-refractivity contribution >= 4 is 17.1 Å². The lowest BCUT2D eigenvalue weighted by Crippen LogP contribution is -2.60. The lowest BCUT2D eigenvalue weighted by Gasteiger charge is -2.45. The highest BCUT2D eigenvalue weighted by molar-refractivity contribution is 6.84. The fraction of sp³-hybridized carbons (Fsp3) is 1.00. The Labute approximate surface area is 161 Å². The molecule has 154 valence electrons. The fourth-order valence-electron chi connectivity index (χ4n) is 4.31. The van der Waals surface area contributed by atoms with Gasteiger partial charge in [-0.25, -0.2) is 0 Å². The Morgan fingerprint density at radius 2 is 1.31 bits per heavy atom. The molecule has 0 aromatic carbocycles. The largest absolute Gasteiger partial charge is 0.414 e. The predicted octanol–water partition coefficient (Wildman–Crippen LogP) is 3.68. The Bertz CT molecular complexity index is 455. The highest BCUT2D eigenvalue weighted by Crippen LogP contribution is 2.48. The maximum atomic E-state index is 10.9. The quantitative estimate of drug-likeness (QED) is 0.703. The minimum atomic E-state index is -2.68. The van der Waals surface area contributed by atoms with Crippen molar-refractivity contribution in [1.82, 2.24) is 0 Å². The smallest absolute Gasteiger partial charge is 0.335 e. The van der Waals surface area contributed by atoms with Gasteiger partial charge in [-0.1, -0.05) is 55.4 Å². The van der Waals surface area contributed by atoms with Crippen LogP contribution in [0.2, 0.25) is 22.2 Å². The van der Waals surface area contributed by atoms with Gasteiger partial charge in [-0.15, -0.1) is 0 Å². The number of aliphatic hydroxyl groups is 1. The summed E-state index contributed by atoms with van der Waals surface area (Å²) in [4.78, 5) is 0. The van der Waals surface area contributed by atoms with Crippen molar-refractivity contribution < 1.29 is 27.5 Å². The molecule has 0 aromatic heterocycles. The first kappa shape index (κ1) is 22.5. The number of methoxy groups -OCH3 is 1. The van der Waals surface area contributed by atoms with E-state index in [2.05, 4.69) is 55.4 Å². The van der Waals surface area contributed by atoms with Crippen LogP contribution >= 0.6 is 0 Å². The van der Waals surface area contributed by atoms with Crippen LogP contribution in [0.15, 0.2) is 0 Å². The van der Waals surface area contributed by atoms with Crippen molar-refractivity contribution in [1.29, 1.82) is 0 Å². The van der Waals surface area contributed by atoms with Gasteiger partial charge in [0.2, 0.25) is 0 Å². The maximum Gasteiger partial charge on any atom is 0.335 e. The average Bonchev–Trinajstić information content (AvgIpc) is 2.72. The minimum absolute atomic E-state index is 0.241. The van der Waals surface area contributed by atoms with Crippen LogP contribution in [0.4, 0.5) is 0 Å². The molecule has 8 heteroatoms. The first-order chi connectivity index (χ1) is 12.0. The zero-order chi connectivity index (χ0) is 19.9. The number of aliphatic hydroxyl groups excluding tert-OH is 1. The number of fused-ring (bicyclic) bond motifs is 1. The summed E-state index contributed by atoms with van der Waals surface area (Å²) in [5.41, 5.74) is 1.02. The molecule has 4 atom stereocenters. The van der Waals surface area contributed by atoms with Gasteiger partial charge in [0, 0.05) is 7.11 Å². The van der Waals surface area contributed by atoms with Crippen LogP contribution in [-0.2, 0) is 22.4 Å². The second kappa shape index (κ2) is 8.28. The van der Waals surface area contributed by atoms with Gasteiger partial charge in [-0.2, -0.15) is 0 Å². The van der Waals surface area contributed by atoms with Gasteiger partial charge in [-0.05, 0) is 22.2 Å². The molecule has 0 saturated carbocycles. The van der Waals surface area contributed by atoms with Crippen molar-refractivity contribution in [3.63, 3.8) is 0 Å². The number of ether oxygens (including phenoxy) is 2. The van der Waals surface area contributed by atoms with Crippen LogP contribution < -0.4 is 0 Å². The molecule has 2 aliphatic heterocycles. The Hall–Kier alpha value is 0.194. The van der Waals surface area contributed by atoms with E-state index >= 15 is 0 Å². The van der Waals surface area contributed by atoms with Crippen molar-refractivity contribution in [2.45, 2.75) is 102 Å². The summed E-state index contributed by atoms with van der Waals surface area (Å²) < 4.78 is 31.6. The molecule has 2 fully saturated rings. The number of hydrogen-bond donors (Lipinski definition) is 1. The molecule has 2 rings (SSSR count). The standard InChI is InChI=1S/C18H38O6Si2/c1-11(2)25(12(3)4)22-15-10-21-18(20-9)16(19)17(15)23-26(24-25,13(5)6)14(7)8/h11-19H,10H2,1-9H3/t15-,16-,17+,18-/m1/s1. The molecule has 0 radical (unpaired) electrons. The van der Waals surface area contributed by atoms with Crippen LogP contribution in [0.1, 0.15) is 55.4 Å². The summed E-state index contributed by atoms with van der Waals surface area (Å²) in [5.74, 6) is 0. The van der Waals surface area contributed by atoms with E-state index in [0.717, 1.165) is 0 Å². The van der Waals surface area contributed by atoms with Crippen LogP contribution in [0.3, 0.4) is 0 Å². The van der Waals surface area contributed by atoms with Gasteiger partial charge in [0.1, 0.15) is 12.2 Å². The maximum absolute atomic E-state index is 10.9. The van der Waals surface area contributed by atoms with Crippen LogP contribution in [0.25, 0.3) is 0 Å². The summed E-state index contributed by atoms with van der Waals surface area (Å²) in [6, 6.07) is 0. The lowest BCUT2D eigenvalue weighted by atomic mass is 10.1. The zero-order valence-electron chi connectivity index (χ0n) is 17.8. The molecule has 0 bridgehead atoms. The third-order valence-electron chi connectivity index (χ3n) is 5.83. The monoisotopic (exact) mass is 406 g/mol. The van der Waals surface area contributed by atoms with Gasteiger partial charge in [0.25, 0.3) is 0 Å². The summed E-state index contributed by atoms with van der Waals surface area (Å²) >= 11 is 0. The van der Waals surface area contributed by atoms with Crippen molar-refractivity contribution in [2.24, 2.45) is 0 Å². The van der Waals surface area contributed by atoms with Crippen molar-refractivity contribution in [3.05, 3.63) is 0 Å². The summed E-state index contributed by atoms with van der Waals surface area (Å²) in [6.45, 7) is 17.8. The van der Waals surface area contributed by atoms with Gasteiger partial charge < -0.3 is 27.5 Å². The summed E-state index contributed by atoms with van der Waals surface area (Å²) in [6.07, 6.45) is -2.41. The van der Waals surface area contributed by atoms with Gasteiger partial charge in [0.05, 0.1) is 12.7 Å². The van der Waals surface area contributed by atoms with E-state index in [4.69, 9.17) is 22.4 Å². The molecule has 2 saturated heterocycles. The first-order valence-electron chi connectivity index (χ1n) is 9.90. The van der Waals surface area contributed by atoms with Gasteiger partial charge in [-0.3, -0.25) is 0 Å². The molecule has 0 spiro atoms. The molecule has 2 aliphatic rings. The highest BCUT2D eigenvalue weighted by Gasteiger charge is 2.62. The first-order valence-corrected chi connectivity index (χ1v) is 13.8. The minimum Gasteiger partial charge on any atom is -0.414 e. The third kappa shape index (κ3) is 3.71. The second-order valence-electron chi connectivity index (χ2n) is 8.83. The van der Waals surface area contributed by atoms with E-state index in [1.807, 2.05) is 0 Å². The molecule has 0 unspecified atom stereocenters. The number of rotatable bonds is 5. The summed E-state index contributed by atoms with van der Waals surface area (Å²) in [7, 11) is -3.75. The molecule has 2 heterocycles. The molecule has 0 amide bonds. The van der Waals surface area contributed by atoms with Crippen LogP contribution in [-0.4, -0.2) is 60.5 Å². The highest BCUT2D eigenvalue weighted by atomic mass is 28.5. The molecular weight excluding hydrogens is 368 g/mol. The van der Waals surface area contributed by atoms with Crippen molar-refractivity contribution in [2.75, 3.05) is 13.7 Å². The molecular formula is C18H38O6Si2. The van der Waals surface area contributed by atoms with Gasteiger partial charge >= 0.3 is 17.1 Å². The Balaban J connectivity index is 2.57. The third-order valence-corrected chi connectivity index (χ3v) is 16.1. The summed E-state index contributed by atoms with van der Waals surface area (Å²) in [5, 5.41) is 10.9. The Morgan fingerprint density at radius 3 is 1.73 bits per heavy atom. The van der Waals surface area contributed by atoms with E-state index in [0.29, 0.717) is 6.61 Å². The van der Waals surface area contributed by atoms with Crippen LogP contribution in [0.5, 0.6) is 0 Å². The normalized spacial score (nSPS) is 34.4. The van der Waals surface area contributed by atoms with Gasteiger partial charge in [0.15, 0.2) is 6.29 Å². The predicted molar refractivity (Wildman–Crippen MR) is 105 cm³/mol. The molecule has 0 aromatic rings. The lowest BCUT2D eigenvalue weighted by molar-refractivity contribution is -0.255. The topological polar surface area (TPSA) is 66.4 Å². The van der Waals surface area contributed by atoms with Crippen LogP contribution in [0, 0.1) is 0 Å². The van der Waals surface area contributed by atoms with E-state index < -0.39 is 35.6 Å². The molecule has 6 nitrogen and oxygen atoms in total. The fourth-order valence-corrected chi connectivity index (χ4v) is 15.6. The molecule has 0 aliphatic carbocycles. The van der Waals surface area contributed by atoms with E-state index in [9.17, 15) is 5.11 Å². The van der Waals surface area contributed by atoms with E-state index in [1.165, 1.54) is 0 Å². The Kier molecular flexibility index (Phi) is 7.16. The Morgan fingerprint density at radius 1 is 0.846 bits per heavy atom. The number of hydrogen-bond acceptors (Lipinski definition) is 6. The average molecular weight is 407 g/mol.